The number of carbonyl (C=O) groups excluding carboxylic acids is 2. The highest BCUT2D eigenvalue weighted by molar-refractivity contribution is 14.1. The molecule has 2 rings (SSSR count). The lowest BCUT2D eigenvalue weighted by Crippen LogP contribution is -1.90. The van der Waals surface area contributed by atoms with Gasteiger partial charge in [0.05, 0.1) is 0 Å². The van der Waals surface area contributed by atoms with Crippen molar-refractivity contribution < 1.29 is 9.59 Å². The Morgan fingerprint density at radius 3 is 1.81 bits per heavy atom. The van der Waals surface area contributed by atoms with E-state index < -0.39 is 0 Å². The van der Waals surface area contributed by atoms with Crippen LogP contribution in [0, 0.1) is 3.57 Å². The van der Waals surface area contributed by atoms with Crippen LogP contribution in [0.25, 0.3) is 6.08 Å². The highest BCUT2D eigenvalue weighted by Gasteiger charge is 1.97. The lowest BCUT2D eigenvalue weighted by atomic mass is 10.1. The van der Waals surface area contributed by atoms with E-state index in [1.54, 1.807) is 13.8 Å². The van der Waals surface area contributed by atoms with E-state index in [1.807, 2.05) is 48.5 Å². The highest BCUT2D eigenvalue weighted by Crippen LogP contribution is 2.09. The molecule has 0 aliphatic rings. The zero-order chi connectivity index (χ0) is 19.4. The number of carbonyl (C=O) groups is 2. The minimum absolute atomic E-state index is 0.122. The molecule has 2 nitrogen and oxygen atoms in total. The zero-order valence-electron chi connectivity index (χ0n) is 15.8. The van der Waals surface area contributed by atoms with Crippen LogP contribution in [0.15, 0.2) is 54.6 Å². The van der Waals surface area contributed by atoms with Crippen molar-refractivity contribution in [2.45, 2.75) is 46.5 Å². The number of unbranched alkanes of at least 4 members (excludes halogenated alkanes) is 3. The second-order valence-corrected chi connectivity index (χ2v) is 7.39. The van der Waals surface area contributed by atoms with Crippen molar-refractivity contribution in [1.29, 1.82) is 0 Å². The standard InChI is InChI=1S/C15H20O.C8H7IO/c1-3-4-5-6-7-8-14-9-11-15(12-10-14)13(2)16;1-6(10)7-2-4-8(9)5-3-7/h7-12H,3-6H2,1-2H3;2-5H,1H3/b8-7-;. The van der Waals surface area contributed by atoms with Crippen LogP contribution in [0.2, 0.25) is 0 Å². The minimum atomic E-state index is 0.122. The Labute approximate surface area is 170 Å². The van der Waals surface area contributed by atoms with Crippen molar-refractivity contribution in [2.75, 3.05) is 0 Å². The maximum atomic E-state index is 11.1. The molecule has 0 atom stereocenters. The molecule has 0 N–H and O–H groups in total. The first-order valence-corrected chi connectivity index (χ1v) is 10.1. The van der Waals surface area contributed by atoms with Crippen molar-refractivity contribution >= 4 is 40.2 Å². The predicted octanol–water partition coefficient (Wildman–Crippen LogP) is 6.98. The third-order valence-corrected chi connectivity index (χ3v) is 4.57. The molecule has 2 aromatic carbocycles. The van der Waals surface area contributed by atoms with E-state index in [9.17, 15) is 9.59 Å². The van der Waals surface area contributed by atoms with Crippen molar-refractivity contribution in [2.24, 2.45) is 0 Å². The van der Waals surface area contributed by atoms with Gasteiger partial charge in [0.2, 0.25) is 0 Å². The summed E-state index contributed by atoms with van der Waals surface area (Å²) in [6, 6.07) is 15.3. The van der Waals surface area contributed by atoms with Crippen molar-refractivity contribution in [1.82, 2.24) is 0 Å². The Morgan fingerprint density at radius 1 is 0.846 bits per heavy atom. The number of halogens is 1. The molecule has 0 aromatic heterocycles. The van der Waals surface area contributed by atoms with E-state index >= 15 is 0 Å². The summed E-state index contributed by atoms with van der Waals surface area (Å²) in [7, 11) is 0. The lowest BCUT2D eigenvalue weighted by molar-refractivity contribution is 0.100. The minimum Gasteiger partial charge on any atom is -0.295 e. The monoisotopic (exact) mass is 462 g/mol. The van der Waals surface area contributed by atoms with Gasteiger partial charge in [0, 0.05) is 14.7 Å². The lowest BCUT2D eigenvalue weighted by Gasteiger charge is -1.97. The smallest absolute Gasteiger partial charge is 0.159 e. The van der Waals surface area contributed by atoms with Crippen LogP contribution >= 0.6 is 22.6 Å². The molecule has 0 amide bonds. The molecule has 0 fully saturated rings. The molecule has 0 radical (unpaired) electrons. The molecule has 0 unspecified atom stereocenters. The molecule has 138 valence electrons. The predicted molar refractivity (Wildman–Crippen MR) is 119 cm³/mol. The number of hydrogen-bond acceptors (Lipinski definition) is 2. The van der Waals surface area contributed by atoms with Crippen molar-refractivity contribution in [3.05, 3.63) is 74.9 Å². The number of allylic oxidation sites excluding steroid dienone is 1. The fraction of sp³-hybridized carbons (Fsp3) is 0.304. The van der Waals surface area contributed by atoms with E-state index in [4.69, 9.17) is 0 Å². The molecular formula is C23H27IO2. The molecular weight excluding hydrogens is 435 g/mol. The van der Waals surface area contributed by atoms with E-state index in [-0.39, 0.29) is 11.6 Å². The largest absolute Gasteiger partial charge is 0.295 e. The Balaban J connectivity index is 0.000000289. The number of Topliss-reactive ketones (excluding diaryl/α,β-unsaturated/α-hetero) is 2. The second kappa shape index (κ2) is 12.6. The quantitative estimate of drug-likeness (QED) is 0.253. The number of ketones is 2. The summed E-state index contributed by atoms with van der Waals surface area (Å²) in [5, 5.41) is 0. The van der Waals surface area contributed by atoms with E-state index in [0.29, 0.717) is 0 Å². The second-order valence-electron chi connectivity index (χ2n) is 6.14. The third kappa shape index (κ3) is 9.09. The molecule has 0 saturated heterocycles. The van der Waals surface area contributed by atoms with Gasteiger partial charge in [0.1, 0.15) is 0 Å². The Bertz CT molecular complexity index is 713. The molecule has 0 aliphatic heterocycles. The molecule has 26 heavy (non-hydrogen) atoms. The average molecular weight is 462 g/mol. The van der Waals surface area contributed by atoms with Gasteiger partial charge in [-0.05, 0) is 67.0 Å². The van der Waals surface area contributed by atoms with Crippen LogP contribution in [-0.2, 0) is 0 Å². The average Bonchev–Trinajstić information content (AvgIpc) is 2.63. The Morgan fingerprint density at radius 2 is 1.35 bits per heavy atom. The molecule has 0 heterocycles. The Kier molecular flexibility index (Phi) is 10.8. The maximum absolute atomic E-state index is 11.1. The summed E-state index contributed by atoms with van der Waals surface area (Å²) in [6.07, 6.45) is 9.30. The number of rotatable bonds is 7. The SMILES string of the molecule is CC(=O)c1ccc(I)cc1.CCCCC/C=C\c1ccc(C(C)=O)cc1. The van der Waals surface area contributed by atoms with Crippen LogP contribution in [0.4, 0.5) is 0 Å². The van der Waals surface area contributed by atoms with Crippen LogP contribution in [0.1, 0.15) is 72.7 Å². The van der Waals surface area contributed by atoms with Crippen LogP contribution in [0.5, 0.6) is 0 Å². The Hall–Kier alpha value is -1.75. The molecule has 3 heteroatoms. The first-order chi connectivity index (χ1) is 12.4. The van der Waals surface area contributed by atoms with E-state index in [1.165, 1.54) is 24.8 Å². The van der Waals surface area contributed by atoms with Gasteiger partial charge in [-0.15, -0.1) is 0 Å². The summed E-state index contributed by atoms with van der Waals surface area (Å²) in [4.78, 5) is 21.8. The van der Waals surface area contributed by atoms with Crippen LogP contribution < -0.4 is 0 Å². The first kappa shape index (κ1) is 22.3. The normalized spacial score (nSPS) is 10.3. The number of benzene rings is 2. The van der Waals surface area contributed by atoms with E-state index in [0.717, 1.165) is 21.1 Å². The van der Waals surface area contributed by atoms with Crippen molar-refractivity contribution in [3.8, 4) is 0 Å². The van der Waals surface area contributed by atoms with Crippen molar-refractivity contribution in [3.63, 3.8) is 0 Å². The third-order valence-electron chi connectivity index (χ3n) is 3.85. The van der Waals surface area contributed by atoms with Crippen LogP contribution in [-0.4, -0.2) is 11.6 Å². The highest BCUT2D eigenvalue weighted by atomic mass is 127. The van der Waals surface area contributed by atoms with Gasteiger partial charge in [-0.25, -0.2) is 0 Å². The van der Waals surface area contributed by atoms with Gasteiger partial charge in [-0.1, -0.05) is 68.3 Å². The maximum Gasteiger partial charge on any atom is 0.159 e. The summed E-state index contributed by atoms with van der Waals surface area (Å²) in [6.45, 7) is 5.38. The zero-order valence-corrected chi connectivity index (χ0v) is 18.0. The number of hydrogen-bond donors (Lipinski definition) is 0. The fourth-order valence-corrected chi connectivity index (χ4v) is 2.60. The van der Waals surface area contributed by atoms with Gasteiger partial charge >= 0.3 is 0 Å². The van der Waals surface area contributed by atoms with E-state index in [2.05, 4.69) is 41.7 Å². The van der Waals surface area contributed by atoms with Gasteiger partial charge < -0.3 is 0 Å². The van der Waals surface area contributed by atoms with Gasteiger partial charge in [-0.3, -0.25) is 9.59 Å². The van der Waals surface area contributed by atoms with Crippen LogP contribution in [0.3, 0.4) is 0 Å². The first-order valence-electron chi connectivity index (χ1n) is 8.98. The molecule has 2 aromatic rings. The topological polar surface area (TPSA) is 34.1 Å². The van der Waals surface area contributed by atoms with Gasteiger partial charge in [0.25, 0.3) is 0 Å². The molecule has 0 spiro atoms. The fourth-order valence-electron chi connectivity index (χ4n) is 2.25. The van der Waals surface area contributed by atoms with Gasteiger partial charge in [-0.2, -0.15) is 0 Å². The summed E-state index contributed by atoms with van der Waals surface area (Å²) in [5.41, 5.74) is 2.73. The molecule has 0 bridgehead atoms. The van der Waals surface area contributed by atoms with Gasteiger partial charge in [0.15, 0.2) is 11.6 Å². The summed E-state index contributed by atoms with van der Waals surface area (Å²) in [5.74, 6) is 0.245. The molecule has 0 saturated carbocycles. The summed E-state index contributed by atoms with van der Waals surface area (Å²) >= 11 is 2.21. The molecule has 0 aliphatic carbocycles. The summed E-state index contributed by atoms with van der Waals surface area (Å²) < 4.78 is 1.16.